The van der Waals surface area contributed by atoms with Crippen molar-refractivity contribution in [2.75, 3.05) is 0 Å². The largest absolute Gasteiger partial charge is 0.478 e. The third kappa shape index (κ3) is 3.46. The van der Waals surface area contributed by atoms with Gasteiger partial charge in [0, 0.05) is 0 Å². The highest BCUT2D eigenvalue weighted by atomic mass is 16.4. The van der Waals surface area contributed by atoms with Crippen LogP contribution in [0, 0.1) is 0 Å². The Hall–Kier alpha value is -3.72. The number of hydrogen-bond acceptors (Lipinski definition) is 4. The molecule has 6 N–H and O–H groups in total. The summed E-state index contributed by atoms with van der Waals surface area (Å²) in [6.07, 6.45) is 0. The molecule has 0 aliphatic rings. The number of rotatable bonds is 5. The van der Waals surface area contributed by atoms with E-state index in [2.05, 4.69) is 0 Å². The molecule has 0 heterocycles. The molecule has 0 aromatic heterocycles. The number of benzene rings is 2. The normalized spacial score (nSPS) is 9.76. The smallest absolute Gasteiger partial charge is 0.337 e. The Kier molecular flexibility index (Phi) is 5.59. The summed E-state index contributed by atoms with van der Waals surface area (Å²) in [7, 11) is 0. The highest BCUT2D eigenvalue weighted by Crippen LogP contribution is 2.31. The Balaban J connectivity index is 0.00000312. The van der Waals surface area contributed by atoms with Crippen molar-refractivity contribution in [2.24, 2.45) is 0 Å². The molecule has 0 saturated carbocycles. The number of carboxylic acids is 4. The van der Waals surface area contributed by atoms with Gasteiger partial charge >= 0.3 is 23.9 Å². The minimum Gasteiger partial charge on any atom is -0.478 e. The fourth-order valence-corrected chi connectivity index (χ4v) is 2.37. The zero-order chi connectivity index (χ0) is 18.0. The predicted molar refractivity (Wildman–Crippen MR) is 83.3 cm³/mol. The summed E-state index contributed by atoms with van der Waals surface area (Å²) in [6, 6.07) is 7.09. The van der Waals surface area contributed by atoms with E-state index in [1.165, 1.54) is 24.3 Å². The molecule has 2 aromatic rings. The molecule has 2 rings (SSSR count). The minimum atomic E-state index is -1.57. The lowest BCUT2D eigenvalue weighted by molar-refractivity contribution is 0.0650. The van der Waals surface area contributed by atoms with Gasteiger partial charge in [-0.05, 0) is 23.3 Å². The lowest BCUT2D eigenvalue weighted by Crippen LogP contribution is -2.13. The van der Waals surface area contributed by atoms with Gasteiger partial charge in [0.2, 0.25) is 0 Å². The summed E-state index contributed by atoms with van der Waals surface area (Å²) in [6.45, 7) is 0. The monoisotopic (exact) mass is 348 g/mol. The van der Waals surface area contributed by atoms with Gasteiger partial charge in [-0.3, -0.25) is 0 Å². The second kappa shape index (κ2) is 7.23. The lowest BCUT2D eigenvalue weighted by atomic mass is 9.90. The summed E-state index contributed by atoms with van der Waals surface area (Å²) in [4.78, 5) is 45.4. The molecular weight excluding hydrogens is 336 g/mol. The molecule has 0 unspecified atom stereocenters. The van der Waals surface area contributed by atoms with Gasteiger partial charge in [0.25, 0.3) is 0 Å². The van der Waals surface area contributed by atoms with Crippen molar-refractivity contribution < 1.29 is 45.1 Å². The standard InChI is InChI=1S/C16H10O8.H2O/c17-13(18)9-5-1-3-7(11(9)15(21)22)8-4-2-6-10(14(19)20)12(8)16(23)24;/h1-6H,(H,17,18)(H,19,20)(H,21,22)(H,23,24);1H2. The highest BCUT2D eigenvalue weighted by molar-refractivity contribution is 6.11. The van der Waals surface area contributed by atoms with Crippen LogP contribution >= 0.6 is 0 Å². The molecule has 0 spiro atoms. The minimum absolute atomic E-state index is 0. The van der Waals surface area contributed by atoms with Crippen LogP contribution in [0.25, 0.3) is 11.1 Å². The van der Waals surface area contributed by atoms with Crippen molar-refractivity contribution in [3.63, 3.8) is 0 Å². The van der Waals surface area contributed by atoms with E-state index in [9.17, 15) is 29.4 Å². The third-order valence-electron chi connectivity index (χ3n) is 3.31. The van der Waals surface area contributed by atoms with Crippen molar-refractivity contribution in [1.82, 2.24) is 0 Å². The lowest BCUT2D eigenvalue weighted by Gasteiger charge is -2.13. The Bertz CT molecular complexity index is 810. The summed E-state index contributed by atoms with van der Waals surface area (Å²) >= 11 is 0. The first-order valence-corrected chi connectivity index (χ1v) is 6.45. The molecule has 0 bridgehead atoms. The van der Waals surface area contributed by atoms with Crippen LogP contribution in [-0.4, -0.2) is 49.8 Å². The molecule has 0 saturated heterocycles. The maximum Gasteiger partial charge on any atom is 0.337 e. The van der Waals surface area contributed by atoms with E-state index in [-0.39, 0.29) is 16.6 Å². The predicted octanol–water partition coefficient (Wildman–Crippen LogP) is 1.32. The van der Waals surface area contributed by atoms with E-state index in [4.69, 9.17) is 10.2 Å². The molecule has 130 valence electrons. The van der Waals surface area contributed by atoms with Crippen molar-refractivity contribution in [1.29, 1.82) is 0 Å². The molecule has 2 aromatic carbocycles. The fourth-order valence-electron chi connectivity index (χ4n) is 2.37. The number of aromatic carboxylic acids is 4. The topological polar surface area (TPSA) is 181 Å². The van der Waals surface area contributed by atoms with Gasteiger partial charge in [-0.15, -0.1) is 0 Å². The van der Waals surface area contributed by atoms with E-state index < -0.39 is 46.1 Å². The molecular formula is C16H12O9. The fraction of sp³-hybridized carbons (Fsp3) is 0. The van der Waals surface area contributed by atoms with Crippen LogP contribution in [0.2, 0.25) is 0 Å². The van der Waals surface area contributed by atoms with Gasteiger partial charge in [0.05, 0.1) is 22.3 Å². The quantitative estimate of drug-likeness (QED) is 0.624. The van der Waals surface area contributed by atoms with Crippen molar-refractivity contribution in [3.05, 3.63) is 58.7 Å². The number of carboxylic acid groups (broad SMARTS) is 4. The average molecular weight is 348 g/mol. The van der Waals surface area contributed by atoms with Gasteiger partial charge < -0.3 is 25.9 Å². The van der Waals surface area contributed by atoms with Gasteiger partial charge in [-0.2, -0.15) is 0 Å². The molecule has 0 amide bonds. The molecule has 0 aliphatic heterocycles. The first-order chi connectivity index (χ1) is 11.3. The summed E-state index contributed by atoms with van der Waals surface area (Å²) < 4.78 is 0. The second-order valence-corrected chi connectivity index (χ2v) is 4.68. The Morgan fingerprint density at radius 2 is 0.880 bits per heavy atom. The Morgan fingerprint density at radius 1 is 0.560 bits per heavy atom. The average Bonchev–Trinajstić information content (AvgIpc) is 2.52. The SMILES string of the molecule is O.O=C(O)c1cccc(-c2cccc(C(=O)O)c2C(=O)O)c1C(=O)O. The van der Waals surface area contributed by atoms with Crippen LogP contribution in [0.4, 0.5) is 0 Å². The molecule has 9 heteroatoms. The van der Waals surface area contributed by atoms with Crippen molar-refractivity contribution in [3.8, 4) is 11.1 Å². The summed E-state index contributed by atoms with van der Waals surface area (Å²) in [5, 5.41) is 36.9. The van der Waals surface area contributed by atoms with Crippen LogP contribution in [0.3, 0.4) is 0 Å². The van der Waals surface area contributed by atoms with E-state index in [1.807, 2.05) is 0 Å². The molecule has 0 atom stereocenters. The van der Waals surface area contributed by atoms with Crippen molar-refractivity contribution in [2.45, 2.75) is 0 Å². The maximum atomic E-state index is 11.5. The zero-order valence-electron chi connectivity index (χ0n) is 12.4. The van der Waals surface area contributed by atoms with Gasteiger partial charge in [0.15, 0.2) is 0 Å². The third-order valence-corrected chi connectivity index (χ3v) is 3.31. The van der Waals surface area contributed by atoms with E-state index in [0.29, 0.717) is 0 Å². The molecule has 0 radical (unpaired) electrons. The summed E-state index contributed by atoms with van der Waals surface area (Å²) in [5.41, 5.74) is -2.68. The number of carbonyl (C=O) groups is 4. The summed E-state index contributed by atoms with van der Waals surface area (Å²) in [5.74, 6) is -6.14. The van der Waals surface area contributed by atoms with E-state index in [1.54, 1.807) is 0 Å². The Morgan fingerprint density at radius 3 is 1.12 bits per heavy atom. The number of hydrogen-bond donors (Lipinski definition) is 4. The Labute approximate surface area is 139 Å². The zero-order valence-corrected chi connectivity index (χ0v) is 12.4. The molecule has 0 aliphatic carbocycles. The molecule has 25 heavy (non-hydrogen) atoms. The first kappa shape index (κ1) is 19.3. The van der Waals surface area contributed by atoms with E-state index >= 15 is 0 Å². The highest BCUT2D eigenvalue weighted by Gasteiger charge is 2.26. The molecule has 9 nitrogen and oxygen atoms in total. The van der Waals surface area contributed by atoms with Crippen LogP contribution < -0.4 is 0 Å². The van der Waals surface area contributed by atoms with Gasteiger partial charge in [-0.25, -0.2) is 19.2 Å². The van der Waals surface area contributed by atoms with Crippen molar-refractivity contribution >= 4 is 23.9 Å². The van der Waals surface area contributed by atoms with Crippen LogP contribution in [0.1, 0.15) is 41.4 Å². The van der Waals surface area contributed by atoms with Gasteiger partial charge in [-0.1, -0.05) is 24.3 Å². The van der Waals surface area contributed by atoms with Crippen LogP contribution in [0.5, 0.6) is 0 Å². The van der Waals surface area contributed by atoms with E-state index in [0.717, 1.165) is 12.1 Å². The second-order valence-electron chi connectivity index (χ2n) is 4.68. The van der Waals surface area contributed by atoms with Crippen LogP contribution in [-0.2, 0) is 0 Å². The van der Waals surface area contributed by atoms with Crippen LogP contribution in [0.15, 0.2) is 36.4 Å². The first-order valence-electron chi connectivity index (χ1n) is 6.45. The maximum absolute atomic E-state index is 11.5. The molecule has 0 fully saturated rings. The van der Waals surface area contributed by atoms with Gasteiger partial charge in [0.1, 0.15) is 0 Å².